The fraction of sp³-hybridized carbons (Fsp3) is 0.0326. The van der Waals surface area contributed by atoms with Gasteiger partial charge in [0, 0.05) is 49.5 Å². The van der Waals surface area contributed by atoms with Crippen molar-refractivity contribution in [3.05, 3.63) is 370 Å². The SMILES string of the molecule is Brc1cccc2ccccc12.[CH2-]CCC.[Li+].[Li+].[c-]1cccc2ccccc12.c1ccc(-c2cc(-c3cccc4ccccc34)nc3c2ccc2c(-c4ccccc4)cc(-c4cccc5ccccc45)nc23)cc1.c1ccc(-c2ccnc3c2ccc2c(-c4ccccc4)ccnc23)cc1. The minimum absolute atomic E-state index is 0. The van der Waals surface area contributed by atoms with Crippen LogP contribution in [-0.2, 0) is 0 Å². The summed E-state index contributed by atoms with van der Waals surface area (Å²) in [5.41, 5.74) is 17.2. The number of halogens is 1. The predicted molar refractivity (Wildman–Crippen MR) is 416 cm³/mol. The van der Waals surface area contributed by atoms with Gasteiger partial charge in [-0.3, -0.25) is 9.97 Å². The van der Waals surface area contributed by atoms with E-state index in [9.17, 15) is 0 Å². The monoisotopic (exact) mass is 1320 g/mol. The van der Waals surface area contributed by atoms with E-state index in [4.69, 9.17) is 9.97 Å². The van der Waals surface area contributed by atoms with E-state index < -0.39 is 0 Å². The second kappa shape index (κ2) is 32.7. The molecule has 0 radical (unpaired) electrons. The van der Waals surface area contributed by atoms with E-state index in [-0.39, 0.29) is 37.7 Å². The van der Waals surface area contributed by atoms with Crippen LogP contribution in [-0.4, -0.2) is 19.9 Å². The zero-order valence-corrected chi connectivity index (χ0v) is 57.4. The second-order valence-electron chi connectivity index (χ2n) is 23.6. The maximum Gasteiger partial charge on any atom is 1.00 e. The molecule has 14 aromatic carbocycles. The fourth-order valence-electron chi connectivity index (χ4n) is 12.7. The minimum Gasteiger partial charge on any atom is -0.343 e. The van der Waals surface area contributed by atoms with Crippen molar-refractivity contribution in [3.8, 4) is 67.0 Å². The average molecular weight is 1320 g/mol. The van der Waals surface area contributed by atoms with Crippen molar-refractivity contribution in [3.63, 3.8) is 0 Å². The van der Waals surface area contributed by atoms with Crippen molar-refractivity contribution in [1.29, 1.82) is 0 Å². The average Bonchev–Trinajstić information content (AvgIpc) is 0.743. The smallest absolute Gasteiger partial charge is 0.343 e. The summed E-state index contributed by atoms with van der Waals surface area (Å²) >= 11 is 3.50. The van der Waals surface area contributed by atoms with E-state index >= 15 is 0 Å². The maximum absolute atomic E-state index is 5.48. The molecule has 0 atom stereocenters. The molecule has 4 nitrogen and oxygen atoms in total. The number of hydrogen-bond acceptors (Lipinski definition) is 4. The number of aromatic nitrogens is 4. The first-order chi connectivity index (χ1) is 48.0. The van der Waals surface area contributed by atoms with E-state index in [2.05, 4.69) is 337 Å². The first-order valence-corrected chi connectivity index (χ1v) is 33.7. The molecule has 0 aliphatic heterocycles. The van der Waals surface area contributed by atoms with Crippen molar-refractivity contribution >= 4 is 103 Å². The molecule has 4 aromatic heterocycles. The van der Waals surface area contributed by atoms with Crippen LogP contribution in [0.3, 0.4) is 0 Å². The molecule has 0 N–H and O–H groups in total. The Morgan fingerprint density at radius 3 is 1.05 bits per heavy atom. The number of unbranched alkanes of at least 4 members (excludes halogenated alkanes) is 1. The Morgan fingerprint density at radius 2 is 0.636 bits per heavy atom. The van der Waals surface area contributed by atoms with Gasteiger partial charge in [-0.2, -0.15) is 6.42 Å². The third-order valence-corrected chi connectivity index (χ3v) is 18.2. The number of hydrogen-bond donors (Lipinski definition) is 0. The Bertz CT molecular complexity index is 5390. The molecule has 0 aliphatic carbocycles. The quantitative estimate of drug-likeness (QED) is 0.0906. The standard InChI is InChI=1S/C44H28N2.C24H16N2.C10H7Br.C10H7.C4H9.2Li/c1-3-13-31(14-4-1)39-27-41(35-23-11-19-29-17-7-9-21-33(29)35)45-43-37(39)25-26-38-40(32-15-5-2-6-16-32)28-42(46-44(38)43)36-24-12-20-30-18-8-10-22-34(30)36;1-3-7-17(8-4-1)19-13-15-25-23-21(19)11-12-22-20(14-16-26-24(22)23)18-9-5-2-6-10-18;11-10-7-3-5-8-4-1-2-6-9(8)10;1-2-6-10-8-4-3-7-9(10)5-1;1-3-4-2;;/h1-28H;1-16H;1-7H;1-7H;1,3-4H2,2H3;;/q;;;2*-1;2*+1. The van der Waals surface area contributed by atoms with Gasteiger partial charge in [0.25, 0.3) is 0 Å². The summed E-state index contributed by atoms with van der Waals surface area (Å²) in [7, 11) is 0. The molecule has 0 aliphatic rings. The van der Waals surface area contributed by atoms with E-state index in [0.29, 0.717) is 0 Å². The summed E-state index contributed by atoms with van der Waals surface area (Å²) in [6, 6.07) is 122. The molecule has 0 fully saturated rings. The summed E-state index contributed by atoms with van der Waals surface area (Å²) in [5.74, 6) is 0. The Kier molecular flexibility index (Phi) is 22.6. The first-order valence-electron chi connectivity index (χ1n) is 32.9. The largest absolute Gasteiger partial charge is 1.00 e. The molecule has 4 heterocycles. The van der Waals surface area contributed by atoms with Crippen LogP contribution >= 0.6 is 15.9 Å². The fourth-order valence-corrected chi connectivity index (χ4v) is 13.2. The van der Waals surface area contributed by atoms with Gasteiger partial charge in [0.05, 0.1) is 33.5 Å². The number of rotatable bonds is 7. The molecule has 18 aromatic rings. The summed E-state index contributed by atoms with van der Waals surface area (Å²) in [6.07, 6.45) is 6.03. The van der Waals surface area contributed by atoms with E-state index in [1.54, 1.807) is 0 Å². The zero-order valence-electron chi connectivity index (χ0n) is 55.8. The summed E-state index contributed by atoms with van der Waals surface area (Å²) in [6.45, 7) is 5.72. The number of fused-ring (bicyclic) bond motifs is 10. The summed E-state index contributed by atoms with van der Waals surface area (Å²) in [4.78, 5) is 20.3. The van der Waals surface area contributed by atoms with Crippen LogP contribution in [0.15, 0.2) is 357 Å². The summed E-state index contributed by atoms with van der Waals surface area (Å²) in [5, 5.41) is 14.2. The molecule has 18 rings (SSSR count). The van der Waals surface area contributed by atoms with Gasteiger partial charge in [0.1, 0.15) is 0 Å². The molecular formula is C92H67BrLi2N4. The molecule has 464 valence electrons. The molecule has 99 heavy (non-hydrogen) atoms. The number of benzene rings is 14. The molecule has 7 heteroatoms. The van der Waals surface area contributed by atoms with Crippen LogP contribution in [0.4, 0.5) is 0 Å². The van der Waals surface area contributed by atoms with Gasteiger partial charge in [-0.05, 0) is 107 Å². The van der Waals surface area contributed by atoms with E-state index in [1.165, 1.54) is 71.8 Å². The van der Waals surface area contributed by atoms with E-state index in [0.717, 1.165) is 99.3 Å². The van der Waals surface area contributed by atoms with Crippen molar-refractivity contribution in [2.24, 2.45) is 0 Å². The van der Waals surface area contributed by atoms with Crippen LogP contribution < -0.4 is 37.7 Å². The molecule has 0 saturated heterocycles. The van der Waals surface area contributed by atoms with Gasteiger partial charge in [-0.25, -0.2) is 9.97 Å². The number of nitrogens with zero attached hydrogens (tertiary/aromatic N) is 4. The van der Waals surface area contributed by atoms with Crippen molar-refractivity contribution in [1.82, 2.24) is 19.9 Å². The van der Waals surface area contributed by atoms with Crippen molar-refractivity contribution < 1.29 is 37.7 Å². The zero-order chi connectivity index (χ0) is 65.7. The third-order valence-electron chi connectivity index (χ3n) is 17.5. The molecule has 0 amide bonds. The van der Waals surface area contributed by atoms with Crippen LogP contribution in [0.25, 0.3) is 154 Å². The first kappa shape index (κ1) is 68.4. The molecular weight excluding hydrogens is 1250 g/mol. The minimum atomic E-state index is 0. The van der Waals surface area contributed by atoms with Crippen LogP contribution in [0.5, 0.6) is 0 Å². The number of pyridine rings is 4. The third kappa shape index (κ3) is 15.1. The molecule has 0 unspecified atom stereocenters. The topological polar surface area (TPSA) is 51.6 Å². The van der Waals surface area contributed by atoms with Gasteiger partial charge in [-0.1, -0.05) is 308 Å². The van der Waals surface area contributed by atoms with Crippen molar-refractivity contribution in [2.75, 3.05) is 0 Å². The van der Waals surface area contributed by atoms with Gasteiger partial charge in [0.2, 0.25) is 0 Å². The van der Waals surface area contributed by atoms with Crippen LogP contribution in [0.1, 0.15) is 19.8 Å². The Labute approximate surface area is 611 Å². The summed E-state index contributed by atoms with van der Waals surface area (Å²) < 4.78 is 1.16. The van der Waals surface area contributed by atoms with E-state index in [1.807, 2.05) is 60.9 Å². The molecule has 0 saturated carbocycles. The van der Waals surface area contributed by atoms with Gasteiger partial charge >= 0.3 is 37.7 Å². The normalized spacial score (nSPS) is 10.7. The Balaban J connectivity index is 0.000000146. The Hall–Kier alpha value is -10.6. The molecule has 0 bridgehead atoms. The van der Waals surface area contributed by atoms with Gasteiger partial charge in [0.15, 0.2) is 0 Å². The van der Waals surface area contributed by atoms with Crippen molar-refractivity contribution in [2.45, 2.75) is 19.8 Å². The Morgan fingerprint density at radius 1 is 0.303 bits per heavy atom. The second-order valence-corrected chi connectivity index (χ2v) is 24.5. The van der Waals surface area contributed by atoms with Crippen LogP contribution in [0.2, 0.25) is 0 Å². The van der Waals surface area contributed by atoms with Gasteiger partial charge < -0.3 is 6.92 Å². The predicted octanol–water partition coefficient (Wildman–Crippen LogP) is 19.7. The van der Waals surface area contributed by atoms with Gasteiger partial charge in [-0.15, -0.1) is 47.2 Å². The molecule has 0 spiro atoms. The maximum atomic E-state index is 5.48. The van der Waals surface area contributed by atoms with Crippen LogP contribution in [0, 0.1) is 13.0 Å².